The molecule has 0 radical (unpaired) electrons. The van der Waals surface area contributed by atoms with Crippen molar-refractivity contribution in [2.75, 3.05) is 26.3 Å². The number of carbonyl (C=O) groups excluding carboxylic acids is 1. The highest BCUT2D eigenvalue weighted by atomic mass is 32.1. The van der Waals surface area contributed by atoms with Crippen molar-refractivity contribution in [2.45, 2.75) is 0 Å². The molecule has 0 spiro atoms. The Hall–Kier alpha value is -1.70. The molecule has 19 heavy (non-hydrogen) atoms. The Balaban J connectivity index is 1.93. The molecule has 0 unspecified atom stereocenters. The van der Waals surface area contributed by atoms with Gasteiger partial charge in [-0.15, -0.1) is 11.3 Å². The van der Waals surface area contributed by atoms with Gasteiger partial charge in [0.05, 0.1) is 18.1 Å². The van der Waals surface area contributed by atoms with Gasteiger partial charge in [0.1, 0.15) is 0 Å². The first kappa shape index (κ1) is 13.7. The van der Waals surface area contributed by atoms with Crippen LogP contribution in [0, 0.1) is 0 Å². The summed E-state index contributed by atoms with van der Waals surface area (Å²) in [5.41, 5.74) is 2.80. The predicted molar refractivity (Wildman–Crippen MR) is 70.8 cm³/mol. The normalized spacial score (nSPS) is 16.6. The number of hydrazine groups is 1. The summed E-state index contributed by atoms with van der Waals surface area (Å²) in [6.45, 7) is 2.56. The van der Waals surface area contributed by atoms with E-state index in [2.05, 4.69) is 5.43 Å². The number of thiophene rings is 1. The van der Waals surface area contributed by atoms with Crippen LogP contribution in [0.25, 0.3) is 6.08 Å². The summed E-state index contributed by atoms with van der Waals surface area (Å²) in [4.78, 5) is 23.6. The average molecular weight is 282 g/mol. The monoisotopic (exact) mass is 282 g/mol. The topological polar surface area (TPSA) is 78.9 Å². The van der Waals surface area contributed by atoms with Crippen LogP contribution in [-0.4, -0.2) is 48.3 Å². The molecule has 1 saturated heterocycles. The largest absolute Gasteiger partial charge is 0.478 e. The Morgan fingerprint density at radius 2 is 2.11 bits per heavy atom. The van der Waals surface area contributed by atoms with Gasteiger partial charge in [-0.25, -0.2) is 9.80 Å². The minimum Gasteiger partial charge on any atom is -0.478 e. The van der Waals surface area contributed by atoms with E-state index in [0.29, 0.717) is 31.2 Å². The van der Waals surface area contributed by atoms with Crippen LogP contribution in [0.4, 0.5) is 0 Å². The van der Waals surface area contributed by atoms with Gasteiger partial charge < -0.3 is 9.84 Å². The van der Waals surface area contributed by atoms with Crippen molar-refractivity contribution >= 4 is 29.3 Å². The van der Waals surface area contributed by atoms with E-state index in [1.807, 2.05) is 5.01 Å². The van der Waals surface area contributed by atoms with E-state index >= 15 is 0 Å². The molecule has 2 N–H and O–H groups in total. The summed E-state index contributed by atoms with van der Waals surface area (Å²) in [7, 11) is 0. The first-order valence-electron chi connectivity index (χ1n) is 5.79. The number of amides is 1. The van der Waals surface area contributed by atoms with Gasteiger partial charge in [-0.3, -0.25) is 10.2 Å². The first-order valence-corrected chi connectivity index (χ1v) is 6.61. The van der Waals surface area contributed by atoms with Gasteiger partial charge in [-0.1, -0.05) is 0 Å². The van der Waals surface area contributed by atoms with Gasteiger partial charge in [0, 0.05) is 24.0 Å². The molecule has 7 heteroatoms. The summed E-state index contributed by atoms with van der Waals surface area (Å²) < 4.78 is 5.19. The van der Waals surface area contributed by atoms with Crippen LogP contribution in [0.5, 0.6) is 0 Å². The molecule has 0 aliphatic carbocycles. The average Bonchev–Trinajstić information content (AvgIpc) is 2.86. The summed E-state index contributed by atoms with van der Waals surface area (Å²) >= 11 is 1.25. The second-order valence-corrected chi connectivity index (χ2v) is 5.03. The number of hydrogen-bond donors (Lipinski definition) is 2. The number of aliphatic carboxylic acids is 1. The minimum absolute atomic E-state index is 0.179. The van der Waals surface area contributed by atoms with Gasteiger partial charge >= 0.3 is 5.97 Å². The second kappa shape index (κ2) is 6.46. The number of carboxylic acid groups (broad SMARTS) is 1. The molecular weight excluding hydrogens is 268 g/mol. The lowest BCUT2D eigenvalue weighted by molar-refractivity contribution is -0.131. The van der Waals surface area contributed by atoms with Crippen LogP contribution in [0.3, 0.4) is 0 Å². The number of nitrogens with one attached hydrogen (secondary N) is 1. The van der Waals surface area contributed by atoms with Crippen LogP contribution in [-0.2, 0) is 9.53 Å². The lowest BCUT2D eigenvalue weighted by Gasteiger charge is -2.26. The molecule has 1 aliphatic heterocycles. The maximum absolute atomic E-state index is 11.9. The molecule has 0 atom stereocenters. The Morgan fingerprint density at radius 3 is 2.79 bits per heavy atom. The summed E-state index contributed by atoms with van der Waals surface area (Å²) in [5.74, 6) is -1.19. The van der Waals surface area contributed by atoms with Crippen LogP contribution in [0.2, 0.25) is 0 Å². The molecule has 102 valence electrons. The molecule has 1 aromatic heterocycles. The van der Waals surface area contributed by atoms with E-state index in [9.17, 15) is 9.59 Å². The molecule has 2 rings (SSSR count). The van der Waals surface area contributed by atoms with Gasteiger partial charge in [-0.05, 0) is 18.2 Å². The van der Waals surface area contributed by atoms with Crippen molar-refractivity contribution in [3.05, 3.63) is 28.0 Å². The highest BCUT2D eigenvalue weighted by Gasteiger charge is 2.15. The molecule has 1 aromatic rings. The number of ether oxygens (including phenoxy) is 1. The molecule has 0 bridgehead atoms. The number of carbonyl (C=O) groups is 2. The zero-order valence-electron chi connectivity index (χ0n) is 10.2. The first-order chi connectivity index (χ1) is 9.15. The Morgan fingerprint density at radius 1 is 1.37 bits per heavy atom. The summed E-state index contributed by atoms with van der Waals surface area (Å²) in [5, 5.41) is 10.3. The third kappa shape index (κ3) is 4.16. The van der Waals surface area contributed by atoms with Crippen molar-refractivity contribution in [2.24, 2.45) is 0 Å². The van der Waals surface area contributed by atoms with Crippen molar-refractivity contribution in [1.29, 1.82) is 0 Å². The maximum Gasteiger partial charge on any atom is 0.328 e. The molecule has 1 amide bonds. The van der Waals surface area contributed by atoms with Crippen LogP contribution >= 0.6 is 11.3 Å². The SMILES string of the molecule is O=C(O)/C=C/c1ccc(C(=O)NN2CCOCC2)s1. The van der Waals surface area contributed by atoms with Crippen LogP contribution < -0.4 is 5.43 Å². The molecule has 2 heterocycles. The highest BCUT2D eigenvalue weighted by molar-refractivity contribution is 7.14. The third-order valence-corrected chi connectivity index (χ3v) is 3.56. The van der Waals surface area contributed by atoms with E-state index in [1.165, 1.54) is 17.4 Å². The highest BCUT2D eigenvalue weighted by Crippen LogP contribution is 2.18. The van der Waals surface area contributed by atoms with Crippen molar-refractivity contribution in [1.82, 2.24) is 10.4 Å². The van der Waals surface area contributed by atoms with Crippen molar-refractivity contribution in [3.63, 3.8) is 0 Å². The molecule has 1 aliphatic rings. The summed E-state index contributed by atoms with van der Waals surface area (Å²) in [6, 6.07) is 3.40. The molecular formula is C12H14N2O4S. The van der Waals surface area contributed by atoms with E-state index in [4.69, 9.17) is 9.84 Å². The number of morpholine rings is 1. The predicted octanol–water partition coefficient (Wildman–Crippen LogP) is 0.823. The maximum atomic E-state index is 11.9. The summed E-state index contributed by atoms with van der Waals surface area (Å²) in [6.07, 6.45) is 2.52. The van der Waals surface area contributed by atoms with E-state index in [1.54, 1.807) is 12.1 Å². The molecule has 0 aromatic carbocycles. The number of hydrogen-bond acceptors (Lipinski definition) is 5. The zero-order chi connectivity index (χ0) is 13.7. The Bertz CT molecular complexity index is 492. The van der Waals surface area contributed by atoms with Gasteiger partial charge in [0.2, 0.25) is 0 Å². The smallest absolute Gasteiger partial charge is 0.328 e. The zero-order valence-corrected chi connectivity index (χ0v) is 11.0. The number of rotatable bonds is 4. The van der Waals surface area contributed by atoms with Crippen molar-refractivity contribution < 1.29 is 19.4 Å². The lowest BCUT2D eigenvalue weighted by atomic mass is 10.4. The van der Waals surface area contributed by atoms with Crippen LogP contribution in [0.15, 0.2) is 18.2 Å². The second-order valence-electron chi connectivity index (χ2n) is 3.91. The Labute approximate surface area is 114 Å². The van der Waals surface area contributed by atoms with Crippen molar-refractivity contribution in [3.8, 4) is 0 Å². The molecule has 0 saturated carbocycles. The number of carboxylic acids is 1. The fourth-order valence-electron chi connectivity index (χ4n) is 1.59. The molecule has 6 nitrogen and oxygen atoms in total. The fourth-order valence-corrected chi connectivity index (χ4v) is 2.39. The van der Waals surface area contributed by atoms with E-state index in [-0.39, 0.29) is 5.91 Å². The van der Waals surface area contributed by atoms with Crippen LogP contribution in [0.1, 0.15) is 14.5 Å². The Kier molecular flexibility index (Phi) is 4.67. The number of nitrogens with zero attached hydrogens (tertiary/aromatic N) is 1. The quantitative estimate of drug-likeness (QED) is 0.799. The fraction of sp³-hybridized carbons (Fsp3) is 0.333. The van der Waals surface area contributed by atoms with E-state index in [0.717, 1.165) is 11.0 Å². The lowest BCUT2D eigenvalue weighted by Crippen LogP contribution is -2.48. The third-order valence-electron chi connectivity index (χ3n) is 2.51. The van der Waals surface area contributed by atoms with E-state index < -0.39 is 5.97 Å². The minimum atomic E-state index is -1.01. The van der Waals surface area contributed by atoms with Gasteiger partial charge in [0.25, 0.3) is 5.91 Å². The van der Waals surface area contributed by atoms with Gasteiger partial charge in [0.15, 0.2) is 0 Å². The van der Waals surface area contributed by atoms with Gasteiger partial charge in [-0.2, -0.15) is 0 Å². The standard InChI is InChI=1S/C12H14N2O4S/c15-11(16)4-2-9-1-3-10(19-9)12(17)13-14-5-7-18-8-6-14/h1-4H,5-8H2,(H,13,17)(H,15,16)/b4-2+. The molecule has 1 fully saturated rings.